The molecule has 4 saturated carbocycles. The highest BCUT2D eigenvalue weighted by molar-refractivity contribution is 5.66. The molecule has 5 rings (SSSR count). The van der Waals surface area contributed by atoms with Crippen molar-refractivity contribution in [3.8, 4) is 0 Å². The Kier molecular flexibility index (Phi) is 5.78. The topological polar surface area (TPSA) is 26.3 Å². The average molecular weight is 467 g/mol. The monoisotopic (exact) mass is 466 g/mol. The van der Waals surface area contributed by atoms with Crippen molar-refractivity contribution in [3.05, 3.63) is 23.8 Å². The molecule has 0 heterocycles. The molecular formula is C32H50O2. The first kappa shape index (κ1) is 24.6. The molecule has 0 spiro atoms. The minimum atomic E-state index is -0.110. The van der Waals surface area contributed by atoms with Gasteiger partial charge in [-0.3, -0.25) is 4.79 Å². The van der Waals surface area contributed by atoms with Crippen molar-refractivity contribution >= 4 is 5.97 Å². The van der Waals surface area contributed by atoms with E-state index in [2.05, 4.69) is 54.2 Å². The van der Waals surface area contributed by atoms with Gasteiger partial charge in [-0.15, -0.1) is 0 Å². The second kappa shape index (κ2) is 7.97. The van der Waals surface area contributed by atoms with Crippen molar-refractivity contribution in [1.82, 2.24) is 0 Å². The van der Waals surface area contributed by atoms with Gasteiger partial charge in [-0.25, -0.2) is 0 Å². The first-order valence-corrected chi connectivity index (χ1v) is 14.4. The minimum Gasteiger partial charge on any atom is -0.462 e. The molecule has 5 aliphatic carbocycles. The maximum absolute atomic E-state index is 11.9. The predicted molar refractivity (Wildman–Crippen MR) is 140 cm³/mol. The number of ether oxygens (including phenoxy) is 1. The first-order valence-electron chi connectivity index (χ1n) is 14.4. The van der Waals surface area contributed by atoms with Crippen LogP contribution in [0.25, 0.3) is 0 Å². The van der Waals surface area contributed by atoms with E-state index in [-0.39, 0.29) is 17.5 Å². The van der Waals surface area contributed by atoms with Gasteiger partial charge in [0, 0.05) is 12.3 Å². The molecule has 5 aliphatic rings. The number of hydrogen-bond donors (Lipinski definition) is 0. The lowest BCUT2D eigenvalue weighted by Gasteiger charge is -2.72. The van der Waals surface area contributed by atoms with E-state index in [0.717, 1.165) is 24.2 Å². The van der Waals surface area contributed by atoms with Gasteiger partial charge >= 0.3 is 5.97 Å². The molecule has 2 heteroatoms. The van der Waals surface area contributed by atoms with Gasteiger partial charge in [-0.2, -0.15) is 0 Å². The van der Waals surface area contributed by atoms with Crippen LogP contribution in [0, 0.1) is 51.2 Å². The van der Waals surface area contributed by atoms with Crippen LogP contribution in [0.3, 0.4) is 0 Å². The summed E-state index contributed by atoms with van der Waals surface area (Å²) in [5, 5.41) is 0. The summed E-state index contributed by atoms with van der Waals surface area (Å²) in [6, 6.07) is 0. The van der Waals surface area contributed by atoms with Crippen molar-refractivity contribution in [2.45, 2.75) is 119 Å². The van der Waals surface area contributed by atoms with E-state index in [1.165, 1.54) is 63.4 Å². The molecule has 2 nitrogen and oxygen atoms in total. The van der Waals surface area contributed by atoms with Crippen molar-refractivity contribution < 1.29 is 9.53 Å². The Bertz CT molecular complexity index is 897. The van der Waals surface area contributed by atoms with Crippen molar-refractivity contribution in [2.75, 3.05) is 0 Å². The number of hydrogen-bond acceptors (Lipinski definition) is 2. The normalized spacial score (nSPS) is 49.4. The average Bonchev–Trinajstić information content (AvgIpc) is 2.75. The highest BCUT2D eigenvalue weighted by atomic mass is 16.5. The Morgan fingerprint density at radius 1 is 0.912 bits per heavy atom. The zero-order valence-corrected chi connectivity index (χ0v) is 23.1. The fourth-order valence-electron chi connectivity index (χ4n) is 11.2. The van der Waals surface area contributed by atoms with Crippen LogP contribution in [0.2, 0.25) is 0 Å². The molecule has 0 unspecified atom stereocenters. The summed E-state index contributed by atoms with van der Waals surface area (Å²) >= 11 is 0. The molecule has 0 N–H and O–H groups in total. The highest BCUT2D eigenvalue weighted by Crippen LogP contribution is 2.75. The molecule has 190 valence electrons. The third-order valence-electron chi connectivity index (χ3n) is 12.9. The molecule has 0 aromatic heterocycles. The molecular weight excluding hydrogens is 416 g/mol. The lowest BCUT2D eigenvalue weighted by Crippen LogP contribution is -2.66. The van der Waals surface area contributed by atoms with Gasteiger partial charge in [0.2, 0.25) is 0 Å². The number of carbonyl (C=O) groups excluding carboxylic acids is 1. The van der Waals surface area contributed by atoms with Crippen LogP contribution in [-0.2, 0) is 9.53 Å². The fraction of sp³-hybridized carbons (Fsp3) is 0.844. The molecule has 0 radical (unpaired) electrons. The molecule has 0 saturated heterocycles. The third-order valence-corrected chi connectivity index (χ3v) is 12.9. The van der Waals surface area contributed by atoms with E-state index < -0.39 is 0 Å². The molecule has 0 amide bonds. The summed E-state index contributed by atoms with van der Waals surface area (Å²) in [5.41, 5.74) is 4.41. The Labute approximate surface area is 209 Å². The van der Waals surface area contributed by atoms with Crippen LogP contribution < -0.4 is 0 Å². The van der Waals surface area contributed by atoms with E-state index in [9.17, 15) is 4.79 Å². The van der Waals surface area contributed by atoms with Crippen LogP contribution in [0.15, 0.2) is 23.8 Å². The molecule has 34 heavy (non-hydrogen) atoms. The second-order valence-corrected chi connectivity index (χ2v) is 14.5. The second-order valence-electron chi connectivity index (χ2n) is 14.5. The van der Waals surface area contributed by atoms with Gasteiger partial charge in [-0.1, -0.05) is 58.4 Å². The Hall–Kier alpha value is -1.05. The van der Waals surface area contributed by atoms with Gasteiger partial charge in [-0.05, 0) is 117 Å². The number of esters is 1. The van der Waals surface area contributed by atoms with Crippen LogP contribution in [0.4, 0.5) is 0 Å². The molecule has 0 bridgehead atoms. The fourth-order valence-corrected chi connectivity index (χ4v) is 11.2. The van der Waals surface area contributed by atoms with E-state index in [1.807, 2.05) is 0 Å². The number of carbonyl (C=O) groups is 1. The highest BCUT2D eigenvalue weighted by Gasteiger charge is 2.68. The smallest absolute Gasteiger partial charge is 0.302 e. The summed E-state index contributed by atoms with van der Waals surface area (Å²) in [4.78, 5) is 11.9. The first-order chi connectivity index (χ1) is 15.9. The molecule has 0 aliphatic heterocycles. The summed E-state index contributed by atoms with van der Waals surface area (Å²) in [6.07, 6.45) is 15.6. The number of allylic oxidation sites excluding steroid dienone is 3. The van der Waals surface area contributed by atoms with E-state index >= 15 is 0 Å². The van der Waals surface area contributed by atoms with Crippen molar-refractivity contribution in [2.24, 2.45) is 51.2 Å². The van der Waals surface area contributed by atoms with Crippen LogP contribution >= 0.6 is 0 Å². The van der Waals surface area contributed by atoms with E-state index in [1.54, 1.807) is 12.5 Å². The molecule has 0 aromatic rings. The minimum absolute atomic E-state index is 0.0502. The largest absolute Gasteiger partial charge is 0.462 e. The lowest BCUT2D eigenvalue weighted by molar-refractivity contribution is -0.238. The standard InChI is InChI=1S/C32H50O2/c1-20(2)23-11-9-10-22-14-18-31(7)24(28(22)23)12-13-26-30(6)17-16-27(34-21(3)33)29(4,5)25(30)15-19-32(26,31)8/h10,23-28H,1,9,11-19H2,2-8H3/t23-,24+,25-,26+,27-,28-,30-,31+,32+/m0/s1. The van der Waals surface area contributed by atoms with Gasteiger partial charge < -0.3 is 4.74 Å². The lowest BCUT2D eigenvalue weighted by atomic mass is 9.33. The molecule has 4 fully saturated rings. The Morgan fingerprint density at radius 3 is 2.32 bits per heavy atom. The summed E-state index contributed by atoms with van der Waals surface area (Å²) in [6.45, 7) is 21.2. The van der Waals surface area contributed by atoms with Gasteiger partial charge in [0.25, 0.3) is 0 Å². The van der Waals surface area contributed by atoms with Crippen molar-refractivity contribution in [1.29, 1.82) is 0 Å². The zero-order chi connectivity index (χ0) is 24.7. The van der Waals surface area contributed by atoms with Crippen molar-refractivity contribution in [3.63, 3.8) is 0 Å². The predicted octanol–water partition coefficient (Wildman–Crippen LogP) is 8.52. The van der Waals surface area contributed by atoms with Crippen LogP contribution in [0.5, 0.6) is 0 Å². The Morgan fingerprint density at radius 2 is 1.65 bits per heavy atom. The quantitative estimate of drug-likeness (QED) is 0.301. The van der Waals surface area contributed by atoms with Gasteiger partial charge in [0.1, 0.15) is 6.10 Å². The summed E-state index contributed by atoms with van der Waals surface area (Å²) < 4.78 is 5.91. The SMILES string of the molecule is C=C(C)[C@@H]1CCC=C2CC[C@]3(C)[C@H](CC[C@@H]4[C@@]5(C)CC[C@H](OC(C)=O)C(C)(C)[C@@H]5CC[C@]43C)[C@@H]21. The zero-order valence-electron chi connectivity index (χ0n) is 23.1. The van der Waals surface area contributed by atoms with Gasteiger partial charge in [0.15, 0.2) is 0 Å². The maximum Gasteiger partial charge on any atom is 0.302 e. The third kappa shape index (κ3) is 3.21. The van der Waals surface area contributed by atoms with Gasteiger partial charge in [0.05, 0.1) is 0 Å². The summed E-state index contributed by atoms with van der Waals surface area (Å²) in [5.74, 6) is 3.53. The van der Waals surface area contributed by atoms with E-state index in [4.69, 9.17) is 4.74 Å². The van der Waals surface area contributed by atoms with Crippen LogP contribution in [0.1, 0.15) is 113 Å². The Balaban J connectivity index is 1.50. The number of fused-ring (bicyclic) bond motifs is 7. The molecule has 9 atom stereocenters. The van der Waals surface area contributed by atoms with Crippen LogP contribution in [-0.4, -0.2) is 12.1 Å². The summed E-state index contributed by atoms with van der Waals surface area (Å²) in [7, 11) is 0. The van der Waals surface area contributed by atoms with E-state index in [0.29, 0.717) is 28.1 Å². The maximum atomic E-state index is 11.9. The molecule has 0 aromatic carbocycles. The number of rotatable bonds is 2.